The van der Waals surface area contributed by atoms with E-state index in [0.717, 1.165) is 44.7 Å². The molecule has 0 aromatic heterocycles. The third kappa shape index (κ3) is 3.42. The quantitative estimate of drug-likeness (QED) is 0.654. The lowest BCUT2D eigenvalue weighted by atomic mass is 9.96. The van der Waals surface area contributed by atoms with Crippen LogP contribution in [-0.4, -0.2) is 38.3 Å². The normalized spacial score (nSPS) is 22.6. The number of rotatable bonds is 7. The molecule has 17 heavy (non-hydrogen) atoms. The fourth-order valence-electron chi connectivity index (χ4n) is 2.58. The second-order valence-electron chi connectivity index (χ2n) is 5.36. The molecular formula is C13H24N2O2. The maximum atomic E-state index is 12.3. The van der Waals surface area contributed by atoms with Gasteiger partial charge in [-0.15, -0.1) is 0 Å². The summed E-state index contributed by atoms with van der Waals surface area (Å²) in [4.78, 5) is 12.3. The van der Waals surface area contributed by atoms with Crippen molar-refractivity contribution in [2.75, 3.05) is 26.8 Å². The Balaban J connectivity index is 1.82. The topological polar surface area (TPSA) is 50.4 Å². The Bertz CT molecular complexity index is 258. The van der Waals surface area contributed by atoms with Crippen LogP contribution in [0.1, 0.15) is 38.5 Å². The number of nitrogens with one attached hydrogen (secondary N) is 2. The summed E-state index contributed by atoms with van der Waals surface area (Å²) in [6.45, 7) is 2.29. The lowest BCUT2D eigenvalue weighted by Gasteiger charge is -2.29. The summed E-state index contributed by atoms with van der Waals surface area (Å²) in [5, 5.41) is 6.51. The predicted molar refractivity (Wildman–Crippen MR) is 66.8 cm³/mol. The molecule has 2 N–H and O–H groups in total. The average Bonchev–Trinajstić information content (AvgIpc) is 3.04. The number of amides is 1. The monoisotopic (exact) mass is 240 g/mol. The molecule has 0 radical (unpaired) electrons. The molecule has 98 valence electrons. The SMILES string of the molecule is COCCNC1(C(=O)NCC2CC2)CCCC1. The van der Waals surface area contributed by atoms with Crippen LogP contribution in [0.25, 0.3) is 0 Å². The van der Waals surface area contributed by atoms with E-state index in [4.69, 9.17) is 4.74 Å². The van der Waals surface area contributed by atoms with E-state index in [2.05, 4.69) is 10.6 Å². The van der Waals surface area contributed by atoms with Gasteiger partial charge in [0, 0.05) is 20.2 Å². The third-order valence-electron chi connectivity index (χ3n) is 3.91. The minimum atomic E-state index is -0.312. The highest BCUT2D eigenvalue weighted by molar-refractivity contribution is 5.86. The smallest absolute Gasteiger partial charge is 0.240 e. The van der Waals surface area contributed by atoms with Gasteiger partial charge in [-0.2, -0.15) is 0 Å². The molecule has 4 nitrogen and oxygen atoms in total. The van der Waals surface area contributed by atoms with Gasteiger partial charge in [0.05, 0.1) is 12.1 Å². The first-order chi connectivity index (χ1) is 8.27. The molecule has 0 spiro atoms. The molecule has 0 aromatic carbocycles. The van der Waals surface area contributed by atoms with Gasteiger partial charge in [0.2, 0.25) is 5.91 Å². The van der Waals surface area contributed by atoms with Crippen molar-refractivity contribution in [3.8, 4) is 0 Å². The van der Waals surface area contributed by atoms with Crippen LogP contribution in [0, 0.1) is 5.92 Å². The van der Waals surface area contributed by atoms with E-state index < -0.39 is 0 Å². The maximum absolute atomic E-state index is 12.3. The van der Waals surface area contributed by atoms with Crippen LogP contribution in [-0.2, 0) is 9.53 Å². The van der Waals surface area contributed by atoms with Gasteiger partial charge in [0.1, 0.15) is 0 Å². The van der Waals surface area contributed by atoms with Gasteiger partial charge in [0.15, 0.2) is 0 Å². The van der Waals surface area contributed by atoms with Crippen molar-refractivity contribution < 1.29 is 9.53 Å². The van der Waals surface area contributed by atoms with Crippen molar-refractivity contribution in [2.24, 2.45) is 5.92 Å². The van der Waals surface area contributed by atoms with Crippen LogP contribution in [0.4, 0.5) is 0 Å². The zero-order valence-corrected chi connectivity index (χ0v) is 10.8. The Kier molecular flexibility index (Phi) is 4.40. The van der Waals surface area contributed by atoms with Gasteiger partial charge in [-0.1, -0.05) is 12.8 Å². The number of carbonyl (C=O) groups is 1. The number of hydrogen-bond donors (Lipinski definition) is 2. The van der Waals surface area contributed by atoms with Gasteiger partial charge in [0.25, 0.3) is 0 Å². The summed E-state index contributed by atoms with van der Waals surface area (Å²) in [6.07, 6.45) is 6.79. The van der Waals surface area contributed by atoms with Crippen molar-refractivity contribution in [2.45, 2.75) is 44.1 Å². The number of ether oxygens (including phenoxy) is 1. The third-order valence-corrected chi connectivity index (χ3v) is 3.91. The molecule has 0 bridgehead atoms. The van der Waals surface area contributed by atoms with Crippen molar-refractivity contribution in [3.05, 3.63) is 0 Å². The fraction of sp³-hybridized carbons (Fsp3) is 0.923. The van der Waals surface area contributed by atoms with Gasteiger partial charge in [-0.3, -0.25) is 4.79 Å². The molecule has 2 rings (SSSR count). The molecular weight excluding hydrogens is 216 g/mol. The minimum absolute atomic E-state index is 0.206. The zero-order valence-electron chi connectivity index (χ0n) is 10.8. The lowest BCUT2D eigenvalue weighted by Crippen LogP contribution is -2.56. The van der Waals surface area contributed by atoms with Crippen LogP contribution in [0.15, 0.2) is 0 Å². The number of carbonyl (C=O) groups excluding carboxylic acids is 1. The van der Waals surface area contributed by atoms with Crippen LogP contribution >= 0.6 is 0 Å². The number of methoxy groups -OCH3 is 1. The Morgan fingerprint density at radius 3 is 2.65 bits per heavy atom. The minimum Gasteiger partial charge on any atom is -0.383 e. The van der Waals surface area contributed by atoms with E-state index >= 15 is 0 Å². The predicted octanol–water partition coefficient (Wildman–Crippen LogP) is 1.06. The first kappa shape index (κ1) is 12.8. The van der Waals surface area contributed by atoms with E-state index in [1.807, 2.05) is 0 Å². The molecule has 2 aliphatic carbocycles. The van der Waals surface area contributed by atoms with Crippen molar-refractivity contribution in [1.82, 2.24) is 10.6 Å². The molecule has 1 amide bonds. The van der Waals surface area contributed by atoms with E-state index in [1.165, 1.54) is 12.8 Å². The highest BCUT2D eigenvalue weighted by Crippen LogP contribution is 2.31. The van der Waals surface area contributed by atoms with Gasteiger partial charge < -0.3 is 15.4 Å². The summed E-state index contributed by atoms with van der Waals surface area (Å²) in [5.74, 6) is 0.953. The highest BCUT2D eigenvalue weighted by atomic mass is 16.5. The Morgan fingerprint density at radius 2 is 2.06 bits per heavy atom. The average molecular weight is 240 g/mol. The van der Waals surface area contributed by atoms with Crippen LogP contribution in [0.2, 0.25) is 0 Å². The molecule has 0 aromatic rings. The van der Waals surface area contributed by atoms with Gasteiger partial charge in [-0.05, 0) is 31.6 Å². The van der Waals surface area contributed by atoms with Crippen molar-refractivity contribution >= 4 is 5.91 Å². The molecule has 0 unspecified atom stereocenters. The summed E-state index contributed by atoms with van der Waals surface area (Å²) < 4.78 is 5.04. The van der Waals surface area contributed by atoms with Crippen LogP contribution in [0.3, 0.4) is 0 Å². The zero-order chi connectivity index (χ0) is 12.1. The van der Waals surface area contributed by atoms with Gasteiger partial charge >= 0.3 is 0 Å². The van der Waals surface area contributed by atoms with E-state index in [0.29, 0.717) is 6.61 Å². The molecule has 2 saturated carbocycles. The summed E-state index contributed by atoms with van der Waals surface area (Å²) in [6, 6.07) is 0. The lowest BCUT2D eigenvalue weighted by molar-refractivity contribution is -0.127. The van der Waals surface area contributed by atoms with E-state index in [-0.39, 0.29) is 11.4 Å². The highest BCUT2D eigenvalue weighted by Gasteiger charge is 2.40. The number of hydrogen-bond acceptors (Lipinski definition) is 3. The second kappa shape index (κ2) is 5.83. The first-order valence-electron chi connectivity index (χ1n) is 6.79. The first-order valence-corrected chi connectivity index (χ1v) is 6.79. The Hall–Kier alpha value is -0.610. The second-order valence-corrected chi connectivity index (χ2v) is 5.36. The molecule has 0 aliphatic heterocycles. The molecule has 0 heterocycles. The van der Waals surface area contributed by atoms with Crippen molar-refractivity contribution in [1.29, 1.82) is 0 Å². The molecule has 0 saturated heterocycles. The van der Waals surface area contributed by atoms with Crippen molar-refractivity contribution in [3.63, 3.8) is 0 Å². The Labute approximate surface area is 103 Å². The fourth-order valence-corrected chi connectivity index (χ4v) is 2.58. The molecule has 2 aliphatic rings. The molecule has 0 atom stereocenters. The van der Waals surface area contributed by atoms with Crippen LogP contribution in [0.5, 0.6) is 0 Å². The molecule has 2 fully saturated rings. The summed E-state index contributed by atoms with van der Waals surface area (Å²) in [7, 11) is 1.69. The Morgan fingerprint density at radius 1 is 1.35 bits per heavy atom. The molecule has 4 heteroatoms. The summed E-state index contributed by atoms with van der Waals surface area (Å²) >= 11 is 0. The van der Waals surface area contributed by atoms with Gasteiger partial charge in [-0.25, -0.2) is 0 Å². The van der Waals surface area contributed by atoms with E-state index in [9.17, 15) is 4.79 Å². The summed E-state index contributed by atoms with van der Waals surface area (Å²) in [5.41, 5.74) is -0.312. The van der Waals surface area contributed by atoms with E-state index in [1.54, 1.807) is 7.11 Å². The largest absolute Gasteiger partial charge is 0.383 e. The maximum Gasteiger partial charge on any atom is 0.240 e. The van der Waals surface area contributed by atoms with Crippen LogP contribution < -0.4 is 10.6 Å². The standard InChI is InChI=1S/C13H24N2O2/c1-17-9-8-15-13(6-2-3-7-13)12(16)14-10-11-4-5-11/h11,15H,2-10H2,1H3,(H,14,16).